The van der Waals surface area contributed by atoms with Gasteiger partial charge in [0.05, 0.1) is 14.2 Å². The van der Waals surface area contributed by atoms with E-state index >= 15 is 0 Å². The molecule has 0 saturated heterocycles. The van der Waals surface area contributed by atoms with Gasteiger partial charge in [-0.15, -0.1) is 10.2 Å². The van der Waals surface area contributed by atoms with Crippen LogP contribution in [0.4, 0.5) is 11.6 Å². The molecule has 0 fully saturated rings. The molecule has 1 aromatic rings. The van der Waals surface area contributed by atoms with E-state index in [1.165, 1.54) is 25.2 Å². The average molecular weight is 254 g/mol. The smallest absolute Gasteiger partial charge is 0.325 e. The summed E-state index contributed by atoms with van der Waals surface area (Å²) in [5, 5.41) is 7.44. The van der Waals surface area contributed by atoms with Crippen LogP contribution in [0, 0.1) is 0 Å². The third-order valence-electron chi connectivity index (χ3n) is 2.09. The Morgan fingerprint density at radius 1 is 1.17 bits per heavy atom. The van der Waals surface area contributed by atoms with E-state index in [0.717, 1.165) is 0 Å². The number of nitrogens with zero attached hydrogens (tertiary/aromatic N) is 3. The molecular weight excluding hydrogens is 240 g/mol. The van der Waals surface area contributed by atoms with Gasteiger partial charge in [-0.1, -0.05) is 0 Å². The van der Waals surface area contributed by atoms with E-state index in [1.54, 1.807) is 6.07 Å². The molecule has 0 unspecified atom stereocenters. The molecule has 0 aliphatic carbocycles. The van der Waals surface area contributed by atoms with Crippen molar-refractivity contribution in [2.45, 2.75) is 0 Å². The van der Waals surface area contributed by atoms with Crippen molar-refractivity contribution >= 4 is 23.6 Å². The molecule has 8 nitrogen and oxygen atoms in total. The highest BCUT2D eigenvalue weighted by atomic mass is 16.5. The van der Waals surface area contributed by atoms with Gasteiger partial charge in [-0.2, -0.15) is 0 Å². The number of carbonyl (C=O) groups excluding carboxylic acids is 2. The number of esters is 2. The van der Waals surface area contributed by atoms with Crippen LogP contribution >= 0.6 is 0 Å². The van der Waals surface area contributed by atoms with Crippen molar-refractivity contribution in [3.63, 3.8) is 0 Å². The summed E-state index contributed by atoms with van der Waals surface area (Å²) < 4.78 is 9.07. The van der Waals surface area contributed by atoms with Gasteiger partial charge < -0.3 is 20.1 Å². The van der Waals surface area contributed by atoms with E-state index < -0.39 is 11.9 Å². The number of nitrogen functional groups attached to an aromatic ring is 1. The summed E-state index contributed by atoms with van der Waals surface area (Å²) in [6.45, 7) is -0.269. The van der Waals surface area contributed by atoms with Crippen LogP contribution in [-0.4, -0.2) is 49.4 Å². The van der Waals surface area contributed by atoms with Crippen LogP contribution in [0.25, 0.3) is 0 Å². The molecule has 1 rings (SSSR count). The van der Waals surface area contributed by atoms with Crippen molar-refractivity contribution in [3.8, 4) is 0 Å². The first-order valence-electron chi connectivity index (χ1n) is 5.04. The highest BCUT2D eigenvalue weighted by molar-refractivity contribution is 5.80. The molecule has 0 bridgehead atoms. The minimum absolute atomic E-state index is 0.135. The number of hydrogen-bond donors (Lipinski definition) is 1. The van der Waals surface area contributed by atoms with Gasteiger partial charge in [-0.05, 0) is 12.1 Å². The molecular formula is C10H14N4O4. The lowest BCUT2D eigenvalue weighted by Crippen LogP contribution is -2.36. The van der Waals surface area contributed by atoms with Gasteiger partial charge in [0.15, 0.2) is 5.82 Å². The van der Waals surface area contributed by atoms with E-state index in [0.29, 0.717) is 5.82 Å². The largest absolute Gasteiger partial charge is 0.468 e. The van der Waals surface area contributed by atoms with Crippen molar-refractivity contribution < 1.29 is 19.1 Å². The Labute approximate surface area is 104 Å². The van der Waals surface area contributed by atoms with Gasteiger partial charge in [0.1, 0.15) is 18.9 Å². The maximum absolute atomic E-state index is 11.2. The number of rotatable bonds is 5. The number of carbonyl (C=O) groups is 2. The van der Waals surface area contributed by atoms with Crippen LogP contribution in [0.3, 0.4) is 0 Å². The Bertz CT molecular complexity index is 402. The van der Waals surface area contributed by atoms with Crippen LogP contribution in [-0.2, 0) is 19.1 Å². The van der Waals surface area contributed by atoms with Gasteiger partial charge in [0.25, 0.3) is 0 Å². The number of methoxy groups -OCH3 is 2. The highest BCUT2D eigenvalue weighted by Crippen LogP contribution is 2.10. The monoisotopic (exact) mass is 254 g/mol. The number of hydrogen-bond acceptors (Lipinski definition) is 8. The Hall–Kier alpha value is -2.38. The van der Waals surface area contributed by atoms with Gasteiger partial charge in [-0.3, -0.25) is 9.59 Å². The predicted molar refractivity (Wildman–Crippen MR) is 62.7 cm³/mol. The summed E-state index contributed by atoms with van der Waals surface area (Å²) in [6.07, 6.45) is 0. The molecule has 0 spiro atoms. The van der Waals surface area contributed by atoms with Gasteiger partial charge in [0, 0.05) is 0 Å². The molecule has 0 aromatic carbocycles. The Morgan fingerprint density at radius 2 is 1.72 bits per heavy atom. The number of anilines is 2. The van der Waals surface area contributed by atoms with E-state index in [9.17, 15) is 9.59 Å². The second kappa shape index (κ2) is 6.38. The van der Waals surface area contributed by atoms with E-state index in [4.69, 9.17) is 5.73 Å². The molecule has 0 saturated carbocycles. The lowest BCUT2D eigenvalue weighted by atomic mass is 10.4. The van der Waals surface area contributed by atoms with Gasteiger partial charge >= 0.3 is 11.9 Å². The van der Waals surface area contributed by atoms with Crippen molar-refractivity contribution in [2.24, 2.45) is 0 Å². The summed E-state index contributed by atoms with van der Waals surface area (Å²) in [4.78, 5) is 23.9. The molecule has 98 valence electrons. The molecule has 0 amide bonds. The van der Waals surface area contributed by atoms with Crippen LogP contribution in [0.2, 0.25) is 0 Å². The highest BCUT2D eigenvalue weighted by Gasteiger charge is 2.17. The first-order valence-corrected chi connectivity index (χ1v) is 5.04. The van der Waals surface area contributed by atoms with Crippen LogP contribution in [0.5, 0.6) is 0 Å². The topological polar surface area (TPSA) is 108 Å². The number of aromatic nitrogens is 2. The molecule has 0 aliphatic rings. The quantitative estimate of drug-likeness (QED) is 0.681. The number of ether oxygens (including phenoxy) is 2. The molecule has 0 atom stereocenters. The SMILES string of the molecule is COC(=O)CN(CC(=O)OC)c1ccc(N)nn1. The molecule has 1 heterocycles. The summed E-state index contributed by atoms with van der Waals surface area (Å²) in [6, 6.07) is 3.07. The van der Waals surface area contributed by atoms with Crippen molar-refractivity contribution in [3.05, 3.63) is 12.1 Å². The van der Waals surface area contributed by atoms with Crippen LogP contribution in [0.15, 0.2) is 12.1 Å². The lowest BCUT2D eigenvalue weighted by molar-refractivity contribution is -0.140. The maximum atomic E-state index is 11.2. The van der Waals surface area contributed by atoms with Crippen molar-refractivity contribution in [1.29, 1.82) is 0 Å². The lowest BCUT2D eigenvalue weighted by Gasteiger charge is -2.20. The van der Waals surface area contributed by atoms with E-state index in [2.05, 4.69) is 19.7 Å². The van der Waals surface area contributed by atoms with E-state index in [1.807, 2.05) is 0 Å². The fourth-order valence-electron chi connectivity index (χ4n) is 1.16. The molecule has 1 aromatic heterocycles. The van der Waals surface area contributed by atoms with Crippen molar-refractivity contribution in [2.75, 3.05) is 37.9 Å². The first-order chi connectivity index (χ1) is 8.56. The molecule has 0 radical (unpaired) electrons. The minimum Gasteiger partial charge on any atom is -0.468 e. The summed E-state index contributed by atoms with van der Waals surface area (Å²) >= 11 is 0. The van der Waals surface area contributed by atoms with Crippen LogP contribution in [0.1, 0.15) is 0 Å². The maximum Gasteiger partial charge on any atom is 0.325 e. The molecule has 2 N–H and O–H groups in total. The molecule has 18 heavy (non-hydrogen) atoms. The second-order valence-corrected chi connectivity index (χ2v) is 3.32. The molecule has 0 aliphatic heterocycles. The summed E-state index contributed by atoms with van der Waals surface area (Å²) in [7, 11) is 2.51. The number of nitrogens with two attached hydrogens (primary N) is 1. The third kappa shape index (κ3) is 3.89. The Morgan fingerprint density at radius 3 is 2.11 bits per heavy atom. The minimum atomic E-state index is -0.502. The zero-order valence-corrected chi connectivity index (χ0v) is 10.1. The Balaban J connectivity index is 2.85. The normalized spacial score (nSPS) is 9.67. The first kappa shape index (κ1) is 13.7. The predicted octanol–water partition coefficient (Wildman–Crippen LogP) is -0.789. The third-order valence-corrected chi connectivity index (χ3v) is 2.09. The van der Waals surface area contributed by atoms with Crippen molar-refractivity contribution in [1.82, 2.24) is 10.2 Å². The van der Waals surface area contributed by atoms with Gasteiger partial charge in [-0.25, -0.2) is 0 Å². The molecule has 8 heteroatoms. The standard InChI is InChI=1S/C10H14N4O4/c1-17-9(15)5-14(6-10(16)18-2)8-4-3-7(11)12-13-8/h3-4H,5-6H2,1-2H3,(H2,11,12). The zero-order chi connectivity index (χ0) is 13.5. The average Bonchev–Trinajstić information content (AvgIpc) is 2.38. The van der Waals surface area contributed by atoms with Crippen LogP contribution < -0.4 is 10.6 Å². The fraction of sp³-hybridized carbons (Fsp3) is 0.400. The second-order valence-electron chi connectivity index (χ2n) is 3.32. The zero-order valence-electron chi connectivity index (χ0n) is 10.1. The summed E-state index contributed by atoms with van der Waals surface area (Å²) in [5.74, 6) is -0.426. The van der Waals surface area contributed by atoms with Gasteiger partial charge in [0.2, 0.25) is 0 Å². The van der Waals surface area contributed by atoms with E-state index in [-0.39, 0.29) is 18.9 Å². The fourth-order valence-corrected chi connectivity index (χ4v) is 1.16. The Kier molecular flexibility index (Phi) is 4.85. The summed E-state index contributed by atoms with van der Waals surface area (Å²) in [5.41, 5.74) is 5.41.